The van der Waals surface area contributed by atoms with Crippen molar-refractivity contribution in [3.8, 4) is 0 Å². The van der Waals surface area contributed by atoms with E-state index in [0.717, 1.165) is 5.17 Å². The van der Waals surface area contributed by atoms with Gasteiger partial charge in [0.15, 0.2) is 0 Å². The topological polar surface area (TPSA) is 75.8 Å². The van der Waals surface area contributed by atoms with Gasteiger partial charge in [-0.25, -0.2) is 4.79 Å². The van der Waals surface area contributed by atoms with Crippen LogP contribution in [0.2, 0.25) is 0 Å². The van der Waals surface area contributed by atoms with Gasteiger partial charge in [0.05, 0.1) is 7.11 Å². The highest BCUT2D eigenvalue weighted by Crippen LogP contribution is 2.22. The SMILES string of the molecule is COC(=O)ON1N=NC2C=CC=NC21. The standard InChI is InChI=1S/C7H8N4O3/c1-13-7(12)14-11-6-5(9-10-11)3-2-4-8-6/h2-6H,1H3. The number of hydrogen-bond donors (Lipinski definition) is 0. The summed E-state index contributed by atoms with van der Waals surface area (Å²) in [4.78, 5) is 19.5. The molecular weight excluding hydrogens is 188 g/mol. The maximum Gasteiger partial charge on any atom is 0.534 e. The van der Waals surface area contributed by atoms with Crippen molar-refractivity contribution in [2.45, 2.75) is 12.2 Å². The van der Waals surface area contributed by atoms with Gasteiger partial charge < -0.3 is 4.74 Å². The lowest BCUT2D eigenvalue weighted by Crippen LogP contribution is -2.35. The summed E-state index contributed by atoms with van der Waals surface area (Å²) in [5.74, 6) is 0. The quantitative estimate of drug-likeness (QED) is 0.578. The summed E-state index contributed by atoms with van der Waals surface area (Å²) < 4.78 is 4.32. The van der Waals surface area contributed by atoms with Crippen LogP contribution < -0.4 is 0 Å². The van der Waals surface area contributed by atoms with Crippen molar-refractivity contribution in [1.29, 1.82) is 0 Å². The van der Waals surface area contributed by atoms with Crippen molar-refractivity contribution >= 4 is 12.4 Å². The van der Waals surface area contributed by atoms with Gasteiger partial charge in [-0.2, -0.15) is 5.11 Å². The Hall–Kier alpha value is -1.92. The molecule has 0 saturated heterocycles. The first-order valence-corrected chi connectivity index (χ1v) is 3.97. The second kappa shape index (κ2) is 3.44. The van der Waals surface area contributed by atoms with Gasteiger partial charge in [0.25, 0.3) is 0 Å². The average Bonchev–Trinajstić information content (AvgIpc) is 2.62. The molecule has 2 unspecified atom stereocenters. The van der Waals surface area contributed by atoms with Crippen molar-refractivity contribution < 1.29 is 14.4 Å². The van der Waals surface area contributed by atoms with Gasteiger partial charge in [-0.1, -0.05) is 11.2 Å². The van der Waals surface area contributed by atoms with Crippen LogP contribution in [-0.4, -0.2) is 36.9 Å². The van der Waals surface area contributed by atoms with Crippen molar-refractivity contribution in [1.82, 2.24) is 5.17 Å². The van der Waals surface area contributed by atoms with E-state index in [2.05, 4.69) is 20.1 Å². The lowest BCUT2D eigenvalue weighted by Gasteiger charge is -2.19. The minimum atomic E-state index is -0.839. The van der Waals surface area contributed by atoms with Crippen LogP contribution in [0.4, 0.5) is 4.79 Å². The van der Waals surface area contributed by atoms with Crippen LogP contribution in [0.1, 0.15) is 0 Å². The first-order chi connectivity index (χ1) is 6.81. The summed E-state index contributed by atoms with van der Waals surface area (Å²) in [6, 6.07) is -0.190. The summed E-state index contributed by atoms with van der Waals surface area (Å²) >= 11 is 0. The Bertz CT molecular complexity index is 325. The summed E-state index contributed by atoms with van der Waals surface area (Å²) in [5, 5.41) is 8.51. The van der Waals surface area contributed by atoms with Gasteiger partial charge in [0.2, 0.25) is 6.17 Å². The number of hydroxylamine groups is 1. The number of hydrogen-bond acceptors (Lipinski definition) is 7. The number of aliphatic imine (C=N–C) groups is 1. The fourth-order valence-corrected chi connectivity index (χ4v) is 1.12. The van der Waals surface area contributed by atoms with E-state index in [9.17, 15) is 4.79 Å². The summed E-state index contributed by atoms with van der Waals surface area (Å²) in [7, 11) is 1.22. The maximum absolute atomic E-state index is 10.8. The van der Waals surface area contributed by atoms with Gasteiger partial charge in [-0.15, -0.1) is 0 Å². The normalized spacial score (nSPS) is 27.6. The van der Waals surface area contributed by atoms with Gasteiger partial charge >= 0.3 is 6.16 Å². The van der Waals surface area contributed by atoms with Crippen molar-refractivity contribution in [2.24, 2.45) is 15.3 Å². The van der Waals surface area contributed by atoms with Crippen LogP contribution in [0, 0.1) is 0 Å². The zero-order chi connectivity index (χ0) is 9.97. The molecule has 0 aliphatic carbocycles. The molecule has 7 heteroatoms. The Morgan fingerprint density at radius 1 is 1.57 bits per heavy atom. The molecule has 0 aromatic heterocycles. The van der Waals surface area contributed by atoms with Crippen LogP contribution in [0.5, 0.6) is 0 Å². The molecule has 0 aromatic carbocycles. The minimum absolute atomic E-state index is 0.190. The zero-order valence-corrected chi connectivity index (χ0v) is 7.40. The zero-order valence-electron chi connectivity index (χ0n) is 7.40. The third kappa shape index (κ3) is 1.43. The summed E-state index contributed by atoms with van der Waals surface area (Å²) in [6.45, 7) is 0. The summed E-state index contributed by atoms with van der Waals surface area (Å²) in [5.41, 5.74) is 0. The second-order valence-corrected chi connectivity index (χ2v) is 2.64. The van der Waals surface area contributed by atoms with Crippen molar-refractivity contribution in [3.63, 3.8) is 0 Å². The van der Waals surface area contributed by atoms with Crippen LogP contribution >= 0.6 is 0 Å². The first kappa shape index (κ1) is 8.67. The second-order valence-electron chi connectivity index (χ2n) is 2.64. The predicted octanol–water partition coefficient (Wildman–Crippen LogP) is 0.703. The highest BCUT2D eigenvalue weighted by atomic mass is 16.8. The van der Waals surface area contributed by atoms with E-state index in [0.29, 0.717) is 0 Å². The molecule has 14 heavy (non-hydrogen) atoms. The third-order valence-electron chi connectivity index (χ3n) is 1.77. The number of allylic oxidation sites excluding steroid dienone is 1. The van der Waals surface area contributed by atoms with E-state index in [-0.39, 0.29) is 6.04 Å². The largest absolute Gasteiger partial charge is 0.534 e. The third-order valence-corrected chi connectivity index (χ3v) is 1.77. The lowest BCUT2D eigenvalue weighted by molar-refractivity contribution is -0.142. The van der Waals surface area contributed by atoms with Gasteiger partial charge in [-0.3, -0.25) is 9.83 Å². The Labute approximate surface area is 79.6 Å². The number of methoxy groups -OCH3 is 1. The molecule has 0 saturated carbocycles. The van der Waals surface area contributed by atoms with E-state index in [1.54, 1.807) is 12.3 Å². The fraction of sp³-hybridized carbons (Fsp3) is 0.429. The number of carbonyl (C=O) groups is 1. The van der Waals surface area contributed by atoms with Gasteiger partial charge in [-0.05, 0) is 11.3 Å². The molecule has 0 bridgehead atoms. The number of nitrogens with zero attached hydrogens (tertiary/aromatic N) is 4. The molecule has 2 rings (SSSR count). The minimum Gasteiger partial charge on any atom is -0.436 e. The number of dihydropyridines is 1. The molecule has 2 aliphatic heterocycles. The smallest absolute Gasteiger partial charge is 0.436 e. The number of carbonyl (C=O) groups excluding carboxylic acids is 1. The summed E-state index contributed by atoms with van der Waals surface area (Å²) in [6.07, 6.45) is 3.95. The van der Waals surface area contributed by atoms with E-state index in [4.69, 9.17) is 4.84 Å². The van der Waals surface area contributed by atoms with Crippen molar-refractivity contribution in [2.75, 3.05) is 7.11 Å². The van der Waals surface area contributed by atoms with Crippen molar-refractivity contribution in [3.05, 3.63) is 12.2 Å². The maximum atomic E-state index is 10.8. The van der Waals surface area contributed by atoms with E-state index in [1.807, 2.05) is 6.08 Å². The number of ether oxygens (including phenoxy) is 1. The molecule has 0 fully saturated rings. The average molecular weight is 196 g/mol. The Kier molecular flexibility index (Phi) is 2.13. The lowest BCUT2D eigenvalue weighted by atomic mass is 10.2. The molecule has 74 valence electrons. The molecule has 7 nitrogen and oxygen atoms in total. The predicted molar refractivity (Wildman–Crippen MR) is 45.4 cm³/mol. The molecular formula is C7H8N4O3. The number of rotatable bonds is 1. The van der Waals surface area contributed by atoms with E-state index < -0.39 is 12.3 Å². The molecule has 0 N–H and O–H groups in total. The van der Waals surface area contributed by atoms with Gasteiger partial charge in [0.1, 0.15) is 6.04 Å². The highest BCUT2D eigenvalue weighted by Gasteiger charge is 2.34. The van der Waals surface area contributed by atoms with Crippen LogP contribution in [0.15, 0.2) is 27.5 Å². The molecule has 2 atom stereocenters. The Morgan fingerprint density at radius 3 is 3.21 bits per heavy atom. The monoisotopic (exact) mass is 196 g/mol. The Morgan fingerprint density at radius 2 is 2.43 bits per heavy atom. The van der Waals surface area contributed by atoms with Gasteiger partial charge in [0, 0.05) is 6.21 Å². The Balaban J connectivity index is 2.02. The first-order valence-electron chi connectivity index (χ1n) is 3.97. The molecule has 2 heterocycles. The van der Waals surface area contributed by atoms with Crippen LogP contribution in [0.3, 0.4) is 0 Å². The molecule has 0 aromatic rings. The molecule has 0 spiro atoms. The molecule has 0 amide bonds. The van der Waals surface area contributed by atoms with E-state index >= 15 is 0 Å². The van der Waals surface area contributed by atoms with Crippen LogP contribution in [0.25, 0.3) is 0 Å². The highest BCUT2D eigenvalue weighted by molar-refractivity contribution is 5.72. The molecule has 2 aliphatic rings. The fourth-order valence-electron chi connectivity index (χ4n) is 1.12. The van der Waals surface area contributed by atoms with Crippen LogP contribution in [-0.2, 0) is 9.57 Å². The molecule has 0 radical (unpaired) electrons. The number of fused-ring (bicyclic) bond motifs is 1. The van der Waals surface area contributed by atoms with E-state index in [1.165, 1.54) is 7.11 Å².